The smallest absolute Gasteiger partial charge is 0.255 e. The van der Waals surface area contributed by atoms with Gasteiger partial charge in [-0.2, -0.15) is 5.10 Å². The Morgan fingerprint density at radius 1 is 1.33 bits per heavy atom. The average Bonchev–Trinajstić information content (AvgIpc) is 2.99. The maximum atomic E-state index is 10.6. The number of benzene rings is 1. The molecule has 0 unspecified atom stereocenters. The van der Waals surface area contributed by atoms with Gasteiger partial charge in [0.15, 0.2) is 6.61 Å². The van der Waals surface area contributed by atoms with Crippen LogP contribution in [0.25, 0.3) is 0 Å². The highest BCUT2D eigenvalue weighted by Crippen LogP contribution is 2.11. The minimum Gasteiger partial charge on any atom is -0.484 e. The summed E-state index contributed by atoms with van der Waals surface area (Å²) in [5.41, 5.74) is 6.17. The van der Waals surface area contributed by atoms with Gasteiger partial charge in [0.05, 0.1) is 0 Å². The van der Waals surface area contributed by atoms with Gasteiger partial charge in [-0.1, -0.05) is 12.1 Å². The fraction of sp³-hybridized carbons (Fsp3) is 0.357. The normalized spacial score (nSPS) is 10.5. The quantitative estimate of drug-likeness (QED) is 0.579. The first kappa shape index (κ1) is 15.0. The zero-order valence-corrected chi connectivity index (χ0v) is 11.7. The molecular formula is C14H19N5O2. The largest absolute Gasteiger partial charge is 0.484 e. The molecule has 0 radical (unpaired) electrons. The Morgan fingerprint density at radius 2 is 2.14 bits per heavy atom. The van der Waals surface area contributed by atoms with Gasteiger partial charge in [0, 0.05) is 13.0 Å². The Bertz CT molecular complexity index is 539. The van der Waals surface area contributed by atoms with Gasteiger partial charge in [-0.25, -0.2) is 4.98 Å². The first-order valence-corrected chi connectivity index (χ1v) is 6.79. The molecule has 0 fully saturated rings. The summed E-state index contributed by atoms with van der Waals surface area (Å²) in [6.07, 6.45) is 3.40. The predicted molar refractivity (Wildman–Crippen MR) is 77.5 cm³/mol. The minimum absolute atomic E-state index is 0.0980. The number of nitrogens with zero attached hydrogens (tertiary/aromatic N) is 2. The Balaban J connectivity index is 1.63. The maximum absolute atomic E-state index is 10.6. The zero-order valence-electron chi connectivity index (χ0n) is 11.7. The number of amides is 1. The Labute approximate surface area is 122 Å². The molecule has 1 heterocycles. The third kappa shape index (κ3) is 5.62. The number of ether oxygens (including phenoxy) is 1. The summed E-state index contributed by atoms with van der Waals surface area (Å²) in [4.78, 5) is 14.7. The van der Waals surface area contributed by atoms with Crippen molar-refractivity contribution in [3.63, 3.8) is 0 Å². The van der Waals surface area contributed by atoms with E-state index >= 15 is 0 Å². The van der Waals surface area contributed by atoms with Crippen LogP contribution >= 0.6 is 0 Å². The number of carbonyl (C=O) groups excluding carboxylic acids is 1. The highest BCUT2D eigenvalue weighted by atomic mass is 16.5. The number of hydrogen-bond donors (Lipinski definition) is 3. The fourth-order valence-electron chi connectivity index (χ4n) is 1.82. The highest BCUT2D eigenvalue weighted by molar-refractivity contribution is 5.75. The topological polar surface area (TPSA) is 106 Å². The Hall–Kier alpha value is -2.41. The summed E-state index contributed by atoms with van der Waals surface area (Å²) in [7, 11) is 0. The first-order chi connectivity index (χ1) is 10.2. The van der Waals surface area contributed by atoms with Gasteiger partial charge < -0.3 is 15.8 Å². The first-order valence-electron chi connectivity index (χ1n) is 6.79. The molecule has 0 aliphatic heterocycles. The standard InChI is InChI=1S/C14H19N5O2/c15-13(20)9-21-12-5-3-11(4-6-12)8-16-7-1-2-14-17-10-18-19-14/h3-6,10,16H,1-2,7-9H2,(H2,15,20)(H,17,18,19). The summed E-state index contributed by atoms with van der Waals surface area (Å²) in [5, 5.41) is 10.00. The number of carbonyl (C=O) groups is 1. The van der Waals surface area contributed by atoms with E-state index in [-0.39, 0.29) is 6.61 Å². The van der Waals surface area contributed by atoms with E-state index in [2.05, 4.69) is 20.5 Å². The van der Waals surface area contributed by atoms with Crippen molar-refractivity contribution >= 4 is 5.91 Å². The molecule has 1 aromatic heterocycles. The molecule has 0 saturated carbocycles. The molecule has 21 heavy (non-hydrogen) atoms. The van der Waals surface area contributed by atoms with Crippen molar-refractivity contribution in [2.45, 2.75) is 19.4 Å². The monoisotopic (exact) mass is 289 g/mol. The van der Waals surface area contributed by atoms with Crippen LogP contribution in [-0.4, -0.2) is 34.2 Å². The molecule has 2 aromatic rings. The zero-order chi connectivity index (χ0) is 14.9. The number of H-pyrrole nitrogens is 1. The van der Waals surface area contributed by atoms with Crippen LogP contribution in [0.1, 0.15) is 17.8 Å². The van der Waals surface area contributed by atoms with Crippen molar-refractivity contribution in [2.75, 3.05) is 13.2 Å². The van der Waals surface area contributed by atoms with Crippen LogP contribution in [-0.2, 0) is 17.8 Å². The van der Waals surface area contributed by atoms with E-state index in [1.807, 2.05) is 24.3 Å². The van der Waals surface area contributed by atoms with E-state index in [9.17, 15) is 4.79 Å². The van der Waals surface area contributed by atoms with Crippen LogP contribution in [0.5, 0.6) is 5.75 Å². The second-order valence-electron chi connectivity index (χ2n) is 4.61. The van der Waals surface area contributed by atoms with E-state index in [4.69, 9.17) is 10.5 Å². The van der Waals surface area contributed by atoms with Crippen LogP contribution in [0.15, 0.2) is 30.6 Å². The molecule has 0 saturated heterocycles. The molecule has 4 N–H and O–H groups in total. The van der Waals surface area contributed by atoms with Crippen LogP contribution < -0.4 is 15.8 Å². The molecule has 0 bridgehead atoms. The van der Waals surface area contributed by atoms with Crippen LogP contribution in [0.2, 0.25) is 0 Å². The minimum atomic E-state index is -0.479. The lowest BCUT2D eigenvalue weighted by Gasteiger charge is -2.06. The number of rotatable bonds is 9. The van der Waals surface area contributed by atoms with Gasteiger partial charge in [0.2, 0.25) is 0 Å². The number of aromatic amines is 1. The third-order valence-corrected chi connectivity index (χ3v) is 2.87. The van der Waals surface area contributed by atoms with Gasteiger partial charge in [-0.3, -0.25) is 9.89 Å². The molecule has 0 spiro atoms. The molecule has 0 aliphatic carbocycles. The fourth-order valence-corrected chi connectivity index (χ4v) is 1.82. The summed E-state index contributed by atoms with van der Waals surface area (Å²) in [5.74, 6) is 1.07. The molecule has 0 aliphatic rings. The number of primary amides is 1. The van der Waals surface area contributed by atoms with Gasteiger partial charge >= 0.3 is 0 Å². The molecule has 1 aromatic carbocycles. The molecule has 112 valence electrons. The molecule has 0 atom stereocenters. The Morgan fingerprint density at radius 3 is 2.81 bits per heavy atom. The lowest BCUT2D eigenvalue weighted by atomic mass is 10.2. The average molecular weight is 289 g/mol. The lowest BCUT2D eigenvalue weighted by Crippen LogP contribution is -2.20. The summed E-state index contributed by atoms with van der Waals surface area (Å²) < 4.78 is 5.20. The summed E-state index contributed by atoms with van der Waals surface area (Å²) in [6, 6.07) is 7.57. The summed E-state index contributed by atoms with van der Waals surface area (Å²) in [6.45, 7) is 1.59. The van der Waals surface area contributed by atoms with Crippen molar-refractivity contribution in [3.8, 4) is 5.75 Å². The second kappa shape index (κ2) is 8.01. The van der Waals surface area contributed by atoms with E-state index in [0.29, 0.717) is 5.75 Å². The van der Waals surface area contributed by atoms with Gasteiger partial charge in [-0.15, -0.1) is 0 Å². The SMILES string of the molecule is NC(=O)COc1ccc(CNCCCc2ncn[nH]2)cc1. The highest BCUT2D eigenvalue weighted by Gasteiger charge is 1.99. The number of aryl methyl sites for hydroxylation is 1. The van der Waals surface area contributed by atoms with E-state index in [1.54, 1.807) is 0 Å². The van der Waals surface area contributed by atoms with Crippen molar-refractivity contribution in [3.05, 3.63) is 42.0 Å². The predicted octanol–water partition coefficient (Wildman–Crippen LogP) is 0.391. The second-order valence-corrected chi connectivity index (χ2v) is 4.61. The van der Waals surface area contributed by atoms with Crippen molar-refractivity contribution in [1.82, 2.24) is 20.5 Å². The van der Waals surface area contributed by atoms with E-state index in [0.717, 1.165) is 37.3 Å². The van der Waals surface area contributed by atoms with Crippen molar-refractivity contribution in [2.24, 2.45) is 5.73 Å². The van der Waals surface area contributed by atoms with Gasteiger partial charge in [0.1, 0.15) is 17.9 Å². The molecule has 7 heteroatoms. The molecular weight excluding hydrogens is 270 g/mol. The molecule has 1 amide bonds. The van der Waals surface area contributed by atoms with Crippen molar-refractivity contribution < 1.29 is 9.53 Å². The number of aromatic nitrogens is 3. The van der Waals surface area contributed by atoms with Crippen LogP contribution in [0.4, 0.5) is 0 Å². The lowest BCUT2D eigenvalue weighted by molar-refractivity contribution is -0.119. The maximum Gasteiger partial charge on any atom is 0.255 e. The molecule has 2 rings (SSSR count). The van der Waals surface area contributed by atoms with Crippen LogP contribution in [0.3, 0.4) is 0 Å². The van der Waals surface area contributed by atoms with Gasteiger partial charge in [0.25, 0.3) is 5.91 Å². The van der Waals surface area contributed by atoms with Crippen molar-refractivity contribution in [1.29, 1.82) is 0 Å². The summed E-state index contributed by atoms with van der Waals surface area (Å²) >= 11 is 0. The van der Waals surface area contributed by atoms with Gasteiger partial charge in [-0.05, 0) is 30.7 Å². The molecule has 7 nitrogen and oxygen atoms in total. The van der Waals surface area contributed by atoms with Crippen LogP contribution in [0, 0.1) is 0 Å². The van der Waals surface area contributed by atoms with E-state index < -0.39 is 5.91 Å². The number of hydrogen-bond acceptors (Lipinski definition) is 5. The number of nitrogens with two attached hydrogens (primary N) is 1. The van der Waals surface area contributed by atoms with E-state index in [1.165, 1.54) is 6.33 Å². The Kier molecular flexibility index (Phi) is 5.71. The third-order valence-electron chi connectivity index (χ3n) is 2.87. The number of nitrogens with one attached hydrogen (secondary N) is 2.